The van der Waals surface area contributed by atoms with Crippen LogP contribution in [0.5, 0.6) is 0 Å². The summed E-state index contributed by atoms with van der Waals surface area (Å²) in [4.78, 5) is 0. The van der Waals surface area contributed by atoms with Gasteiger partial charge in [-0.3, -0.25) is 0 Å². The zero-order valence-corrected chi connectivity index (χ0v) is 10.3. The molecular formula is C12H24N2O. The summed E-state index contributed by atoms with van der Waals surface area (Å²) in [6, 6.07) is 2.56. The lowest BCUT2D eigenvalue weighted by atomic mass is 10.1. The fraction of sp³-hybridized carbons (Fsp3) is 0.917. The molecule has 0 saturated heterocycles. The Morgan fingerprint density at radius 3 is 2.60 bits per heavy atom. The third-order valence-electron chi connectivity index (χ3n) is 2.29. The first-order chi connectivity index (χ1) is 7.20. The second-order valence-corrected chi connectivity index (χ2v) is 4.05. The van der Waals surface area contributed by atoms with Gasteiger partial charge in [-0.2, -0.15) is 5.26 Å². The Balaban J connectivity index is 3.26. The maximum absolute atomic E-state index is 8.56. The lowest BCUT2D eigenvalue weighted by molar-refractivity contribution is 0.0759. The standard InChI is InChI=1S/C12H24N2O/c1-4-12(7-8-13)14-9-5-6-10-15-11(2)3/h11-12,14H,4-7,9-10H2,1-3H3. The molecule has 0 aliphatic rings. The summed E-state index contributed by atoms with van der Waals surface area (Å²) < 4.78 is 5.44. The van der Waals surface area contributed by atoms with Gasteiger partial charge in [0.25, 0.3) is 0 Å². The Morgan fingerprint density at radius 2 is 2.07 bits per heavy atom. The van der Waals surface area contributed by atoms with Crippen LogP contribution in [0.25, 0.3) is 0 Å². The topological polar surface area (TPSA) is 45.0 Å². The summed E-state index contributed by atoms with van der Waals surface area (Å²) in [5.74, 6) is 0. The highest BCUT2D eigenvalue weighted by atomic mass is 16.5. The van der Waals surface area contributed by atoms with E-state index in [0.29, 0.717) is 18.6 Å². The molecule has 0 rings (SSSR count). The highest BCUT2D eigenvalue weighted by molar-refractivity contribution is 4.79. The van der Waals surface area contributed by atoms with Crippen LogP contribution in [0.2, 0.25) is 0 Å². The van der Waals surface area contributed by atoms with Crippen molar-refractivity contribution in [1.82, 2.24) is 5.32 Å². The molecular weight excluding hydrogens is 188 g/mol. The zero-order chi connectivity index (χ0) is 11.5. The molecule has 1 N–H and O–H groups in total. The van der Waals surface area contributed by atoms with E-state index in [2.05, 4.69) is 32.2 Å². The summed E-state index contributed by atoms with van der Waals surface area (Å²) in [5.41, 5.74) is 0. The number of unbranched alkanes of at least 4 members (excludes halogenated alkanes) is 1. The van der Waals surface area contributed by atoms with Gasteiger partial charge in [-0.05, 0) is 39.7 Å². The molecule has 3 nitrogen and oxygen atoms in total. The molecule has 3 heteroatoms. The Labute approximate surface area is 93.8 Å². The second-order valence-electron chi connectivity index (χ2n) is 4.05. The molecule has 0 aromatic heterocycles. The minimum Gasteiger partial charge on any atom is -0.379 e. The number of hydrogen-bond acceptors (Lipinski definition) is 3. The number of hydrogen-bond donors (Lipinski definition) is 1. The predicted molar refractivity (Wildman–Crippen MR) is 62.6 cm³/mol. The highest BCUT2D eigenvalue weighted by Gasteiger charge is 2.03. The Bertz CT molecular complexity index is 175. The molecule has 0 saturated carbocycles. The van der Waals surface area contributed by atoms with Crippen molar-refractivity contribution in [1.29, 1.82) is 5.26 Å². The van der Waals surface area contributed by atoms with E-state index < -0.39 is 0 Å². The van der Waals surface area contributed by atoms with Crippen LogP contribution in [0.4, 0.5) is 0 Å². The van der Waals surface area contributed by atoms with Crippen molar-refractivity contribution in [2.75, 3.05) is 13.2 Å². The van der Waals surface area contributed by atoms with E-state index in [0.717, 1.165) is 32.4 Å². The summed E-state index contributed by atoms with van der Waals surface area (Å²) in [6.45, 7) is 8.05. The molecule has 0 spiro atoms. The van der Waals surface area contributed by atoms with Crippen LogP contribution in [0.3, 0.4) is 0 Å². The van der Waals surface area contributed by atoms with Gasteiger partial charge in [0.15, 0.2) is 0 Å². The van der Waals surface area contributed by atoms with Crippen LogP contribution in [-0.2, 0) is 4.74 Å². The van der Waals surface area contributed by atoms with Crippen LogP contribution in [-0.4, -0.2) is 25.3 Å². The molecule has 0 fully saturated rings. The maximum atomic E-state index is 8.56. The van der Waals surface area contributed by atoms with Crippen molar-refractivity contribution in [2.45, 2.75) is 58.6 Å². The third-order valence-corrected chi connectivity index (χ3v) is 2.29. The van der Waals surface area contributed by atoms with E-state index in [1.54, 1.807) is 0 Å². The average molecular weight is 212 g/mol. The van der Waals surface area contributed by atoms with Crippen molar-refractivity contribution < 1.29 is 4.74 Å². The van der Waals surface area contributed by atoms with Crippen molar-refractivity contribution in [3.05, 3.63) is 0 Å². The molecule has 15 heavy (non-hydrogen) atoms. The summed E-state index contributed by atoms with van der Waals surface area (Å²) in [6.07, 6.45) is 4.18. The van der Waals surface area contributed by atoms with E-state index in [-0.39, 0.29) is 0 Å². The van der Waals surface area contributed by atoms with Crippen LogP contribution in [0.15, 0.2) is 0 Å². The Hall–Kier alpha value is -0.590. The molecule has 0 aromatic carbocycles. The summed E-state index contributed by atoms with van der Waals surface area (Å²) >= 11 is 0. The van der Waals surface area contributed by atoms with Crippen LogP contribution in [0.1, 0.15) is 46.5 Å². The molecule has 0 amide bonds. The molecule has 0 aliphatic heterocycles. The fourth-order valence-electron chi connectivity index (χ4n) is 1.32. The van der Waals surface area contributed by atoms with Gasteiger partial charge in [-0.15, -0.1) is 0 Å². The summed E-state index contributed by atoms with van der Waals surface area (Å²) in [5, 5.41) is 11.9. The molecule has 1 atom stereocenters. The average Bonchev–Trinajstić information content (AvgIpc) is 2.21. The molecule has 0 bridgehead atoms. The maximum Gasteiger partial charge on any atom is 0.0638 e. The van der Waals surface area contributed by atoms with Crippen molar-refractivity contribution in [3.8, 4) is 6.07 Å². The van der Waals surface area contributed by atoms with Crippen LogP contribution >= 0.6 is 0 Å². The first-order valence-corrected chi connectivity index (χ1v) is 5.92. The number of nitrogens with one attached hydrogen (secondary N) is 1. The molecule has 1 unspecified atom stereocenters. The van der Waals surface area contributed by atoms with Gasteiger partial charge in [-0.25, -0.2) is 0 Å². The zero-order valence-electron chi connectivity index (χ0n) is 10.3. The smallest absolute Gasteiger partial charge is 0.0638 e. The van der Waals surface area contributed by atoms with Gasteiger partial charge < -0.3 is 10.1 Å². The number of ether oxygens (including phenoxy) is 1. The quantitative estimate of drug-likeness (QED) is 0.597. The Kier molecular flexibility index (Phi) is 9.55. The normalized spacial score (nSPS) is 12.7. The molecule has 88 valence electrons. The molecule has 0 aliphatic carbocycles. The van der Waals surface area contributed by atoms with Crippen LogP contribution in [0, 0.1) is 11.3 Å². The van der Waals surface area contributed by atoms with Crippen LogP contribution < -0.4 is 5.32 Å². The van der Waals surface area contributed by atoms with Crippen molar-refractivity contribution >= 4 is 0 Å². The highest BCUT2D eigenvalue weighted by Crippen LogP contribution is 1.98. The minimum absolute atomic E-state index is 0.333. The van der Waals surface area contributed by atoms with Gasteiger partial charge in [0, 0.05) is 12.6 Å². The molecule has 0 aromatic rings. The monoisotopic (exact) mass is 212 g/mol. The lowest BCUT2D eigenvalue weighted by Gasteiger charge is -2.13. The van der Waals surface area contributed by atoms with Gasteiger partial charge in [0.05, 0.1) is 18.6 Å². The minimum atomic E-state index is 0.333. The summed E-state index contributed by atoms with van der Waals surface area (Å²) in [7, 11) is 0. The van der Waals surface area contributed by atoms with Gasteiger partial charge >= 0.3 is 0 Å². The van der Waals surface area contributed by atoms with E-state index in [4.69, 9.17) is 10.00 Å². The molecule has 0 radical (unpaired) electrons. The Morgan fingerprint density at radius 1 is 1.33 bits per heavy atom. The van der Waals surface area contributed by atoms with Crippen molar-refractivity contribution in [2.24, 2.45) is 0 Å². The number of rotatable bonds is 9. The first-order valence-electron chi connectivity index (χ1n) is 5.92. The first kappa shape index (κ1) is 14.4. The van der Waals surface area contributed by atoms with Gasteiger partial charge in [0.2, 0.25) is 0 Å². The molecule has 0 heterocycles. The van der Waals surface area contributed by atoms with E-state index in [9.17, 15) is 0 Å². The SMILES string of the molecule is CCC(CC#N)NCCCCOC(C)C. The largest absolute Gasteiger partial charge is 0.379 e. The van der Waals surface area contributed by atoms with E-state index >= 15 is 0 Å². The number of nitriles is 1. The fourth-order valence-corrected chi connectivity index (χ4v) is 1.32. The number of nitrogens with zero attached hydrogens (tertiary/aromatic N) is 1. The lowest BCUT2D eigenvalue weighted by Crippen LogP contribution is -2.29. The van der Waals surface area contributed by atoms with Gasteiger partial charge in [-0.1, -0.05) is 6.92 Å². The second kappa shape index (κ2) is 9.95. The van der Waals surface area contributed by atoms with Gasteiger partial charge in [0.1, 0.15) is 0 Å². The van der Waals surface area contributed by atoms with Crippen molar-refractivity contribution in [3.63, 3.8) is 0 Å². The predicted octanol–water partition coefficient (Wildman–Crippen LogP) is 2.47. The third kappa shape index (κ3) is 9.71. The van der Waals surface area contributed by atoms with E-state index in [1.807, 2.05) is 0 Å². The van der Waals surface area contributed by atoms with E-state index in [1.165, 1.54) is 0 Å².